The third kappa shape index (κ3) is 3.69. The van der Waals surface area contributed by atoms with E-state index in [1.165, 1.54) is 18.2 Å². The van der Waals surface area contributed by atoms with Crippen LogP contribution >= 0.6 is 0 Å². The highest BCUT2D eigenvalue weighted by Gasteiger charge is 2.31. The van der Waals surface area contributed by atoms with Gasteiger partial charge in [-0.05, 0) is 25.8 Å². The van der Waals surface area contributed by atoms with Crippen molar-refractivity contribution in [1.82, 2.24) is 4.90 Å². The van der Waals surface area contributed by atoms with E-state index < -0.39 is 4.92 Å². The first kappa shape index (κ1) is 15.2. The molecule has 0 unspecified atom stereocenters. The van der Waals surface area contributed by atoms with E-state index in [2.05, 4.69) is 0 Å². The smallest absolute Gasteiger partial charge is 0.270 e. The number of carbonyl (C=O) groups excluding carboxylic acids is 1. The molecular weight excluding hydrogens is 274 g/mol. The van der Waals surface area contributed by atoms with Crippen LogP contribution in [0.4, 0.5) is 5.69 Å². The normalized spacial score (nSPS) is 13.8. The minimum absolute atomic E-state index is 0.0395. The van der Waals surface area contributed by atoms with Gasteiger partial charge in [-0.1, -0.05) is 0 Å². The van der Waals surface area contributed by atoms with Crippen LogP contribution in [-0.2, 0) is 11.3 Å². The van der Waals surface area contributed by atoms with E-state index in [0.29, 0.717) is 23.9 Å². The average Bonchev–Trinajstić information content (AvgIpc) is 3.30. The zero-order valence-corrected chi connectivity index (χ0v) is 11.9. The molecule has 21 heavy (non-hydrogen) atoms. The predicted molar refractivity (Wildman–Crippen MR) is 76.9 cm³/mol. The summed E-state index contributed by atoms with van der Waals surface area (Å²) in [7, 11) is 0. The molecule has 7 nitrogen and oxygen atoms in total. The second-order valence-electron chi connectivity index (χ2n) is 4.95. The molecule has 0 aliphatic heterocycles. The lowest BCUT2D eigenvalue weighted by atomic mass is 10.2. The van der Waals surface area contributed by atoms with Gasteiger partial charge >= 0.3 is 0 Å². The molecule has 114 valence electrons. The molecule has 1 aromatic rings. The maximum atomic E-state index is 12.1. The molecule has 1 fully saturated rings. The molecule has 1 aliphatic carbocycles. The number of nitrogens with zero attached hydrogens (tertiary/aromatic N) is 2. The number of nitro benzene ring substituents is 1. The number of benzene rings is 1. The summed E-state index contributed by atoms with van der Waals surface area (Å²) in [5, 5.41) is 10.7. The summed E-state index contributed by atoms with van der Waals surface area (Å²) < 4.78 is 5.49. The van der Waals surface area contributed by atoms with Gasteiger partial charge in [0.05, 0.1) is 4.92 Å². The number of rotatable bonds is 7. The van der Waals surface area contributed by atoms with Crippen LogP contribution in [-0.4, -0.2) is 34.9 Å². The van der Waals surface area contributed by atoms with Gasteiger partial charge in [0.2, 0.25) is 0 Å². The van der Waals surface area contributed by atoms with Crippen molar-refractivity contribution in [3.8, 4) is 5.75 Å². The Morgan fingerprint density at radius 2 is 2.24 bits per heavy atom. The number of carbonyl (C=O) groups is 1. The Morgan fingerprint density at radius 1 is 1.52 bits per heavy atom. The summed E-state index contributed by atoms with van der Waals surface area (Å²) in [6.45, 7) is 2.64. The molecular formula is C14H19N3O4. The molecule has 2 N–H and O–H groups in total. The van der Waals surface area contributed by atoms with Crippen molar-refractivity contribution in [3.05, 3.63) is 33.9 Å². The number of amides is 1. The van der Waals surface area contributed by atoms with Crippen LogP contribution in [0.3, 0.4) is 0 Å². The lowest BCUT2D eigenvalue weighted by molar-refractivity contribution is -0.384. The van der Waals surface area contributed by atoms with Gasteiger partial charge in [0.1, 0.15) is 5.75 Å². The van der Waals surface area contributed by atoms with Crippen LogP contribution in [0.1, 0.15) is 25.3 Å². The van der Waals surface area contributed by atoms with Gasteiger partial charge in [-0.3, -0.25) is 14.9 Å². The van der Waals surface area contributed by atoms with Crippen LogP contribution in [0.2, 0.25) is 0 Å². The number of hydrogen-bond donors (Lipinski definition) is 1. The van der Waals surface area contributed by atoms with Crippen molar-refractivity contribution in [2.75, 3.05) is 13.2 Å². The number of nitro groups is 1. The van der Waals surface area contributed by atoms with Gasteiger partial charge in [0.25, 0.3) is 11.6 Å². The molecule has 2 rings (SSSR count). The second-order valence-corrected chi connectivity index (χ2v) is 4.95. The van der Waals surface area contributed by atoms with Gasteiger partial charge in [-0.25, -0.2) is 0 Å². The van der Waals surface area contributed by atoms with Crippen molar-refractivity contribution in [2.24, 2.45) is 5.73 Å². The first-order valence-electron chi connectivity index (χ1n) is 6.96. The fraction of sp³-hybridized carbons (Fsp3) is 0.500. The quantitative estimate of drug-likeness (QED) is 0.606. The average molecular weight is 293 g/mol. The van der Waals surface area contributed by atoms with Crippen LogP contribution in [0.15, 0.2) is 18.2 Å². The Hall–Kier alpha value is -2.15. The second kappa shape index (κ2) is 6.53. The molecule has 1 aromatic carbocycles. The van der Waals surface area contributed by atoms with E-state index >= 15 is 0 Å². The summed E-state index contributed by atoms with van der Waals surface area (Å²) in [4.78, 5) is 24.1. The molecule has 0 spiro atoms. The van der Waals surface area contributed by atoms with Crippen molar-refractivity contribution < 1.29 is 14.5 Å². The number of ether oxygens (including phenoxy) is 1. The number of likely N-dealkylation sites (N-methyl/N-ethyl adjacent to an activating group) is 1. The third-order valence-electron chi connectivity index (χ3n) is 3.47. The highest BCUT2D eigenvalue weighted by atomic mass is 16.6. The largest absolute Gasteiger partial charge is 0.483 e. The van der Waals surface area contributed by atoms with E-state index in [-0.39, 0.29) is 24.7 Å². The Bertz CT molecular complexity index is 543. The van der Waals surface area contributed by atoms with Crippen molar-refractivity contribution in [3.63, 3.8) is 0 Å². The summed E-state index contributed by atoms with van der Waals surface area (Å²) in [5.74, 6) is 0.352. The highest BCUT2D eigenvalue weighted by molar-refractivity contribution is 5.78. The maximum absolute atomic E-state index is 12.1. The molecule has 7 heteroatoms. The van der Waals surface area contributed by atoms with Crippen LogP contribution in [0, 0.1) is 10.1 Å². The van der Waals surface area contributed by atoms with Crippen LogP contribution in [0.5, 0.6) is 5.75 Å². The standard InChI is InChI=1S/C14H19N3O4/c1-2-16(11-3-4-11)14(18)9-21-13-6-5-12(17(19)20)7-10(13)8-15/h5-7,11H,2-4,8-9,15H2,1H3. The molecule has 1 aliphatic rings. The van der Waals surface area contributed by atoms with E-state index in [1.54, 1.807) is 4.90 Å². The zero-order valence-electron chi connectivity index (χ0n) is 11.9. The number of hydrogen-bond acceptors (Lipinski definition) is 5. The fourth-order valence-electron chi connectivity index (χ4n) is 2.23. The molecule has 0 saturated heterocycles. The minimum atomic E-state index is -0.486. The Morgan fingerprint density at radius 3 is 2.76 bits per heavy atom. The predicted octanol–water partition coefficient (Wildman–Crippen LogP) is 1.44. The molecule has 0 bridgehead atoms. The minimum Gasteiger partial charge on any atom is -0.483 e. The van der Waals surface area contributed by atoms with Crippen molar-refractivity contribution in [2.45, 2.75) is 32.4 Å². The van der Waals surface area contributed by atoms with Gasteiger partial charge in [-0.15, -0.1) is 0 Å². The molecule has 1 amide bonds. The molecule has 0 aromatic heterocycles. The molecule has 0 heterocycles. The van der Waals surface area contributed by atoms with Crippen LogP contribution < -0.4 is 10.5 Å². The van der Waals surface area contributed by atoms with E-state index in [4.69, 9.17) is 10.5 Å². The van der Waals surface area contributed by atoms with Gasteiger partial charge in [0, 0.05) is 36.8 Å². The van der Waals surface area contributed by atoms with E-state index in [0.717, 1.165) is 12.8 Å². The molecule has 0 atom stereocenters. The third-order valence-corrected chi connectivity index (χ3v) is 3.47. The fourth-order valence-corrected chi connectivity index (χ4v) is 2.23. The molecule has 0 radical (unpaired) electrons. The topological polar surface area (TPSA) is 98.7 Å². The summed E-state index contributed by atoms with van der Waals surface area (Å²) in [5.41, 5.74) is 6.05. The molecule has 1 saturated carbocycles. The van der Waals surface area contributed by atoms with Crippen molar-refractivity contribution in [1.29, 1.82) is 0 Å². The van der Waals surface area contributed by atoms with E-state index in [1.807, 2.05) is 6.92 Å². The van der Waals surface area contributed by atoms with E-state index in [9.17, 15) is 14.9 Å². The van der Waals surface area contributed by atoms with Crippen molar-refractivity contribution >= 4 is 11.6 Å². The maximum Gasteiger partial charge on any atom is 0.270 e. The number of nitrogens with two attached hydrogens (primary N) is 1. The highest BCUT2D eigenvalue weighted by Crippen LogP contribution is 2.27. The SMILES string of the molecule is CCN(C(=O)COc1ccc([N+](=O)[O-])cc1CN)C1CC1. The Balaban J connectivity index is 2.02. The van der Waals surface area contributed by atoms with Gasteiger partial charge in [-0.2, -0.15) is 0 Å². The van der Waals surface area contributed by atoms with Gasteiger partial charge in [0.15, 0.2) is 6.61 Å². The zero-order chi connectivity index (χ0) is 15.4. The lowest BCUT2D eigenvalue weighted by Gasteiger charge is -2.20. The summed E-state index contributed by atoms with van der Waals surface area (Å²) in [6, 6.07) is 4.55. The van der Waals surface area contributed by atoms with Gasteiger partial charge < -0.3 is 15.4 Å². The first-order chi connectivity index (χ1) is 10.1. The first-order valence-corrected chi connectivity index (χ1v) is 6.96. The Labute approximate surface area is 122 Å². The number of non-ortho nitro benzene ring substituents is 1. The lowest BCUT2D eigenvalue weighted by Crippen LogP contribution is -2.36. The summed E-state index contributed by atoms with van der Waals surface area (Å²) >= 11 is 0. The van der Waals surface area contributed by atoms with Crippen LogP contribution in [0.25, 0.3) is 0 Å². The summed E-state index contributed by atoms with van der Waals surface area (Å²) in [6.07, 6.45) is 2.09. The monoisotopic (exact) mass is 293 g/mol. The Kier molecular flexibility index (Phi) is 4.74.